The van der Waals surface area contributed by atoms with Crippen molar-refractivity contribution >= 4 is 39.1 Å². The van der Waals surface area contributed by atoms with E-state index in [9.17, 15) is 4.79 Å². The van der Waals surface area contributed by atoms with Crippen LogP contribution in [-0.2, 0) is 9.53 Å². The Balaban J connectivity index is 2.05. The van der Waals surface area contributed by atoms with Gasteiger partial charge in [0.15, 0.2) is 0 Å². The van der Waals surface area contributed by atoms with Gasteiger partial charge in [-0.25, -0.2) is 0 Å². The van der Waals surface area contributed by atoms with Gasteiger partial charge in [0, 0.05) is 16.8 Å². The van der Waals surface area contributed by atoms with Crippen LogP contribution in [-0.4, -0.2) is 18.6 Å². The van der Waals surface area contributed by atoms with E-state index < -0.39 is 0 Å². The molecule has 1 heterocycles. The summed E-state index contributed by atoms with van der Waals surface area (Å²) in [5, 5.41) is 3.50. The summed E-state index contributed by atoms with van der Waals surface area (Å²) in [6.45, 7) is 2.58. The number of carbonyl (C=O) groups is 1. The monoisotopic (exact) mass is 317 g/mol. The molecule has 1 aliphatic rings. The number of benzene rings is 1. The van der Waals surface area contributed by atoms with Crippen molar-refractivity contribution in [2.45, 2.75) is 19.4 Å². The van der Waals surface area contributed by atoms with E-state index in [1.54, 1.807) is 18.2 Å². The first-order valence-corrected chi connectivity index (χ1v) is 6.62. The van der Waals surface area contributed by atoms with Gasteiger partial charge in [0.05, 0.1) is 17.0 Å². The van der Waals surface area contributed by atoms with E-state index >= 15 is 0 Å². The summed E-state index contributed by atoms with van der Waals surface area (Å²) in [6.07, 6.45) is 0.771. The van der Waals surface area contributed by atoms with E-state index in [2.05, 4.69) is 21.2 Å². The lowest BCUT2D eigenvalue weighted by Crippen LogP contribution is -2.27. The third-order valence-corrected chi connectivity index (χ3v) is 4.11. The molecule has 0 spiro atoms. The van der Waals surface area contributed by atoms with Crippen LogP contribution in [0.5, 0.6) is 0 Å². The minimum Gasteiger partial charge on any atom is -0.378 e. The largest absolute Gasteiger partial charge is 0.378 e. The van der Waals surface area contributed by atoms with Crippen LogP contribution in [0.4, 0.5) is 5.69 Å². The Morgan fingerprint density at radius 3 is 2.94 bits per heavy atom. The van der Waals surface area contributed by atoms with Crippen molar-refractivity contribution in [1.82, 2.24) is 0 Å². The SMILES string of the molecule is CC1OCCC1C(=O)Nc1ccc(Cl)c(Br)c1. The lowest BCUT2D eigenvalue weighted by Gasteiger charge is -2.14. The van der Waals surface area contributed by atoms with Crippen molar-refractivity contribution < 1.29 is 9.53 Å². The van der Waals surface area contributed by atoms with Crippen molar-refractivity contribution in [2.75, 3.05) is 11.9 Å². The molecule has 0 aromatic heterocycles. The average molecular weight is 319 g/mol. The number of carbonyl (C=O) groups excluding carboxylic acids is 1. The van der Waals surface area contributed by atoms with Gasteiger partial charge in [0.2, 0.25) is 5.91 Å². The van der Waals surface area contributed by atoms with Crippen LogP contribution >= 0.6 is 27.5 Å². The molecular weight excluding hydrogens is 305 g/mol. The number of anilines is 1. The summed E-state index contributed by atoms with van der Waals surface area (Å²) in [5.74, 6) is -0.0614. The molecule has 2 atom stereocenters. The first-order valence-electron chi connectivity index (χ1n) is 5.45. The van der Waals surface area contributed by atoms with Crippen LogP contribution in [0.15, 0.2) is 22.7 Å². The molecule has 17 heavy (non-hydrogen) atoms. The van der Waals surface area contributed by atoms with E-state index in [1.807, 2.05) is 6.92 Å². The Morgan fingerprint density at radius 1 is 1.59 bits per heavy atom. The van der Waals surface area contributed by atoms with Crippen molar-refractivity contribution in [2.24, 2.45) is 5.92 Å². The molecule has 0 bridgehead atoms. The maximum atomic E-state index is 12.0. The van der Waals surface area contributed by atoms with Gasteiger partial charge in [-0.1, -0.05) is 11.6 Å². The summed E-state index contributed by atoms with van der Waals surface area (Å²) < 4.78 is 6.15. The minimum absolute atomic E-state index is 0.00391. The molecule has 1 saturated heterocycles. The van der Waals surface area contributed by atoms with Gasteiger partial charge in [-0.05, 0) is 47.5 Å². The van der Waals surface area contributed by atoms with Crippen LogP contribution in [0.2, 0.25) is 5.02 Å². The van der Waals surface area contributed by atoms with Crippen LogP contribution < -0.4 is 5.32 Å². The number of rotatable bonds is 2. The van der Waals surface area contributed by atoms with Gasteiger partial charge < -0.3 is 10.1 Å². The maximum absolute atomic E-state index is 12.0. The second kappa shape index (κ2) is 5.38. The summed E-state index contributed by atoms with van der Waals surface area (Å²) in [6, 6.07) is 5.32. The Kier molecular flexibility index (Phi) is 4.07. The van der Waals surface area contributed by atoms with Crippen molar-refractivity contribution in [3.8, 4) is 0 Å². The topological polar surface area (TPSA) is 38.3 Å². The molecule has 0 radical (unpaired) electrons. The zero-order valence-electron chi connectivity index (χ0n) is 9.37. The lowest BCUT2D eigenvalue weighted by atomic mass is 10.0. The predicted molar refractivity (Wildman–Crippen MR) is 71.3 cm³/mol. The highest BCUT2D eigenvalue weighted by Gasteiger charge is 2.30. The first-order chi connectivity index (χ1) is 8.08. The molecule has 1 aromatic rings. The molecule has 3 nitrogen and oxygen atoms in total. The number of hydrogen-bond acceptors (Lipinski definition) is 2. The highest BCUT2D eigenvalue weighted by atomic mass is 79.9. The highest BCUT2D eigenvalue weighted by molar-refractivity contribution is 9.10. The molecule has 0 saturated carbocycles. The van der Waals surface area contributed by atoms with E-state index in [0.29, 0.717) is 11.6 Å². The number of nitrogens with one attached hydrogen (secondary N) is 1. The fourth-order valence-corrected chi connectivity index (χ4v) is 2.38. The van der Waals surface area contributed by atoms with Crippen molar-refractivity contribution in [3.63, 3.8) is 0 Å². The van der Waals surface area contributed by atoms with Crippen molar-refractivity contribution in [3.05, 3.63) is 27.7 Å². The predicted octanol–water partition coefficient (Wildman–Crippen LogP) is 3.47. The fourth-order valence-electron chi connectivity index (χ4n) is 1.88. The number of amides is 1. The molecule has 1 aliphatic heterocycles. The normalized spacial score (nSPS) is 23.7. The Bertz CT molecular complexity index is 439. The lowest BCUT2D eigenvalue weighted by molar-refractivity contribution is -0.121. The molecule has 92 valence electrons. The Labute approximate surface area is 114 Å². The van der Waals surface area contributed by atoms with Gasteiger partial charge in [-0.15, -0.1) is 0 Å². The molecule has 2 rings (SSSR count). The quantitative estimate of drug-likeness (QED) is 0.907. The third-order valence-electron chi connectivity index (χ3n) is 2.90. The summed E-state index contributed by atoms with van der Waals surface area (Å²) >= 11 is 9.21. The Morgan fingerprint density at radius 2 is 2.35 bits per heavy atom. The Hall–Kier alpha value is -0.580. The number of ether oxygens (including phenoxy) is 1. The summed E-state index contributed by atoms with van der Waals surface area (Å²) in [4.78, 5) is 12.0. The molecule has 0 aliphatic carbocycles. The minimum atomic E-state index is -0.0653. The first kappa shape index (κ1) is 12.9. The number of hydrogen-bond donors (Lipinski definition) is 1. The second-order valence-corrected chi connectivity index (χ2v) is 5.35. The summed E-state index contributed by atoms with van der Waals surface area (Å²) in [7, 11) is 0. The third kappa shape index (κ3) is 3.00. The highest BCUT2D eigenvalue weighted by Crippen LogP contribution is 2.27. The molecule has 5 heteroatoms. The van der Waals surface area contributed by atoms with Gasteiger partial charge in [-0.2, -0.15) is 0 Å². The summed E-state index contributed by atoms with van der Waals surface area (Å²) in [5.41, 5.74) is 0.741. The standard InChI is InChI=1S/C12H13BrClNO2/c1-7-9(4-5-17-7)12(16)15-8-2-3-11(14)10(13)6-8/h2-3,6-7,9H,4-5H2,1H3,(H,15,16). The second-order valence-electron chi connectivity index (χ2n) is 4.09. The number of halogens is 2. The zero-order chi connectivity index (χ0) is 12.4. The van der Waals surface area contributed by atoms with Gasteiger partial charge in [0.25, 0.3) is 0 Å². The smallest absolute Gasteiger partial charge is 0.230 e. The molecule has 2 unspecified atom stereocenters. The van der Waals surface area contributed by atoms with Crippen LogP contribution in [0.3, 0.4) is 0 Å². The van der Waals surface area contributed by atoms with E-state index in [4.69, 9.17) is 16.3 Å². The maximum Gasteiger partial charge on any atom is 0.230 e. The molecule has 1 N–H and O–H groups in total. The van der Waals surface area contributed by atoms with Crippen LogP contribution in [0.25, 0.3) is 0 Å². The van der Waals surface area contributed by atoms with Gasteiger partial charge in [0.1, 0.15) is 0 Å². The van der Waals surface area contributed by atoms with Crippen LogP contribution in [0, 0.1) is 5.92 Å². The van der Waals surface area contributed by atoms with Crippen molar-refractivity contribution in [1.29, 1.82) is 0 Å². The van der Waals surface area contributed by atoms with Gasteiger partial charge in [-0.3, -0.25) is 4.79 Å². The molecule has 1 aromatic carbocycles. The van der Waals surface area contributed by atoms with E-state index in [1.165, 1.54) is 0 Å². The molecule has 1 amide bonds. The van der Waals surface area contributed by atoms with E-state index in [-0.39, 0.29) is 17.9 Å². The average Bonchev–Trinajstić information content (AvgIpc) is 2.70. The zero-order valence-corrected chi connectivity index (χ0v) is 11.7. The van der Waals surface area contributed by atoms with Gasteiger partial charge >= 0.3 is 0 Å². The van der Waals surface area contributed by atoms with E-state index in [0.717, 1.165) is 16.6 Å². The molecular formula is C12H13BrClNO2. The van der Waals surface area contributed by atoms with Crippen LogP contribution in [0.1, 0.15) is 13.3 Å². The fraction of sp³-hybridized carbons (Fsp3) is 0.417. The molecule has 1 fully saturated rings.